The Morgan fingerprint density at radius 1 is 1.25 bits per heavy atom. The molecule has 4 heteroatoms. The van der Waals surface area contributed by atoms with Crippen LogP contribution in [0.5, 0.6) is 0 Å². The third-order valence-corrected chi connectivity index (χ3v) is 3.76. The maximum absolute atomic E-state index is 4.36. The maximum atomic E-state index is 4.36. The molecule has 0 atom stereocenters. The summed E-state index contributed by atoms with van der Waals surface area (Å²) in [7, 11) is 2.08. The van der Waals surface area contributed by atoms with Gasteiger partial charge in [-0.15, -0.1) is 0 Å². The summed E-state index contributed by atoms with van der Waals surface area (Å²) in [5.41, 5.74) is 3.53. The number of nitrogens with one attached hydrogen (secondary N) is 1. The molecule has 1 heterocycles. The average Bonchev–Trinajstić information content (AvgIpc) is 2.46. The lowest BCUT2D eigenvalue weighted by molar-refractivity contribution is 0.726. The highest BCUT2D eigenvalue weighted by Gasteiger charge is 2.07. The molecule has 2 aromatic rings. The lowest BCUT2D eigenvalue weighted by Crippen LogP contribution is -2.18. The zero-order valence-corrected chi connectivity index (χ0v) is 13.5. The third kappa shape index (κ3) is 4.05. The first-order valence-corrected chi connectivity index (χ1v) is 7.60. The summed E-state index contributed by atoms with van der Waals surface area (Å²) in [4.78, 5) is 6.56. The van der Waals surface area contributed by atoms with Gasteiger partial charge in [-0.3, -0.25) is 4.98 Å². The topological polar surface area (TPSA) is 28.2 Å². The second kappa shape index (κ2) is 7.41. The molecule has 0 radical (unpaired) electrons. The minimum Gasteiger partial charge on any atom is -0.368 e. The van der Waals surface area contributed by atoms with Gasteiger partial charge in [-0.2, -0.15) is 0 Å². The second-order valence-electron chi connectivity index (χ2n) is 4.74. The lowest BCUT2D eigenvalue weighted by Gasteiger charge is -2.21. The fraction of sp³-hybridized carbons (Fsp3) is 0.312. The molecule has 1 aromatic carbocycles. The van der Waals surface area contributed by atoms with E-state index in [4.69, 9.17) is 0 Å². The van der Waals surface area contributed by atoms with Crippen LogP contribution in [0.3, 0.4) is 0 Å². The molecule has 0 aliphatic rings. The summed E-state index contributed by atoms with van der Waals surface area (Å²) in [5, 5.41) is 3.34. The number of nitrogens with zero attached hydrogens (tertiary/aromatic N) is 2. The van der Waals surface area contributed by atoms with Crippen LogP contribution in [0.15, 0.2) is 47.1 Å². The molecule has 3 nitrogen and oxygen atoms in total. The van der Waals surface area contributed by atoms with E-state index in [1.165, 1.54) is 11.3 Å². The van der Waals surface area contributed by atoms with Crippen molar-refractivity contribution in [1.82, 2.24) is 10.3 Å². The Morgan fingerprint density at radius 3 is 2.75 bits per heavy atom. The molecule has 0 unspecified atom stereocenters. The van der Waals surface area contributed by atoms with Gasteiger partial charge in [0.15, 0.2) is 0 Å². The van der Waals surface area contributed by atoms with E-state index < -0.39 is 0 Å². The van der Waals surface area contributed by atoms with Crippen molar-refractivity contribution in [2.75, 3.05) is 18.5 Å². The number of pyridine rings is 1. The van der Waals surface area contributed by atoms with Crippen molar-refractivity contribution < 1.29 is 0 Å². The number of aromatic nitrogens is 1. The van der Waals surface area contributed by atoms with E-state index in [1.807, 2.05) is 24.4 Å². The molecule has 0 amide bonds. The summed E-state index contributed by atoms with van der Waals surface area (Å²) >= 11 is 3.66. The number of hydrogen-bond donors (Lipinski definition) is 1. The molecule has 0 saturated carbocycles. The molecular formula is C16H20BrN3. The first-order chi connectivity index (χ1) is 9.70. The summed E-state index contributed by atoms with van der Waals surface area (Å²) in [6.07, 6.45) is 1.83. The van der Waals surface area contributed by atoms with Gasteiger partial charge in [-0.25, -0.2) is 0 Å². The van der Waals surface area contributed by atoms with E-state index in [-0.39, 0.29) is 0 Å². The van der Waals surface area contributed by atoms with E-state index in [0.29, 0.717) is 0 Å². The van der Waals surface area contributed by atoms with E-state index in [9.17, 15) is 0 Å². The molecule has 0 spiro atoms. The first-order valence-electron chi connectivity index (χ1n) is 6.81. The Balaban J connectivity index is 2.08. The van der Waals surface area contributed by atoms with Crippen LogP contribution in [-0.4, -0.2) is 18.6 Å². The average molecular weight is 334 g/mol. The Kier molecular flexibility index (Phi) is 5.56. The van der Waals surface area contributed by atoms with Crippen LogP contribution >= 0.6 is 15.9 Å². The Labute approximate surface area is 129 Å². The van der Waals surface area contributed by atoms with Crippen LogP contribution in [0.4, 0.5) is 5.69 Å². The van der Waals surface area contributed by atoms with Gasteiger partial charge >= 0.3 is 0 Å². The third-order valence-electron chi connectivity index (χ3n) is 3.13. The molecule has 1 aromatic heterocycles. The molecule has 0 fully saturated rings. The molecule has 0 aliphatic heterocycles. The highest BCUT2D eigenvalue weighted by atomic mass is 79.9. The van der Waals surface area contributed by atoms with E-state index in [2.05, 4.69) is 63.3 Å². The summed E-state index contributed by atoms with van der Waals surface area (Å²) in [5.74, 6) is 0. The molecule has 106 valence electrons. The Hall–Kier alpha value is -1.39. The van der Waals surface area contributed by atoms with E-state index >= 15 is 0 Å². The number of rotatable bonds is 6. The number of anilines is 1. The van der Waals surface area contributed by atoms with Crippen LogP contribution < -0.4 is 10.2 Å². The lowest BCUT2D eigenvalue weighted by atomic mass is 10.2. The SMILES string of the molecule is CCNCc1ccc(N(C)Cc2ccccn2)c(Br)c1. The molecule has 0 saturated heterocycles. The van der Waals surface area contributed by atoms with Crippen molar-refractivity contribution in [3.8, 4) is 0 Å². The van der Waals surface area contributed by atoms with Gasteiger partial charge < -0.3 is 10.2 Å². The van der Waals surface area contributed by atoms with Crippen molar-refractivity contribution in [2.45, 2.75) is 20.0 Å². The monoisotopic (exact) mass is 333 g/mol. The van der Waals surface area contributed by atoms with Gasteiger partial charge in [0, 0.05) is 24.3 Å². The van der Waals surface area contributed by atoms with E-state index in [1.54, 1.807) is 0 Å². The molecular weight excluding hydrogens is 314 g/mol. The zero-order valence-electron chi connectivity index (χ0n) is 11.9. The van der Waals surface area contributed by atoms with Crippen molar-refractivity contribution in [3.05, 3.63) is 58.3 Å². The minimum atomic E-state index is 0.798. The zero-order chi connectivity index (χ0) is 14.4. The highest BCUT2D eigenvalue weighted by molar-refractivity contribution is 9.10. The van der Waals surface area contributed by atoms with Crippen molar-refractivity contribution >= 4 is 21.6 Å². The molecule has 20 heavy (non-hydrogen) atoms. The second-order valence-corrected chi connectivity index (χ2v) is 5.60. The highest BCUT2D eigenvalue weighted by Crippen LogP contribution is 2.27. The number of halogens is 1. The normalized spacial score (nSPS) is 10.6. The van der Waals surface area contributed by atoms with Crippen LogP contribution in [0, 0.1) is 0 Å². The van der Waals surface area contributed by atoms with Crippen LogP contribution in [-0.2, 0) is 13.1 Å². The number of hydrogen-bond acceptors (Lipinski definition) is 3. The predicted octanol–water partition coefficient (Wildman–Crippen LogP) is 3.59. The van der Waals surface area contributed by atoms with Gasteiger partial charge in [0.25, 0.3) is 0 Å². The minimum absolute atomic E-state index is 0.798. The van der Waals surface area contributed by atoms with Crippen molar-refractivity contribution in [1.29, 1.82) is 0 Å². The van der Waals surface area contributed by atoms with Crippen LogP contribution in [0.2, 0.25) is 0 Å². The molecule has 0 bridgehead atoms. The van der Waals surface area contributed by atoms with Gasteiger partial charge in [0.2, 0.25) is 0 Å². The quantitative estimate of drug-likeness (QED) is 0.875. The smallest absolute Gasteiger partial charge is 0.0599 e. The maximum Gasteiger partial charge on any atom is 0.0599 e. The fourth-order valence-electron chi connectivity index (χ4n) is 2.06. The summed E-state index contributed by atoms with van der Waals surface area (Å²) in [6.45, 7) is 4.80. The van der Waals surface area contributed by atoms with Gasteiger partial charge in [-0.1, -0.05) is 19.1 Å². The number of benzene rings is 1. The van der Waals surface area contributed by atoms with Crippen LogP contribution in [0.25, 0.3) is 0 Å². The standard InChI is InChI=1S/C16H20BrN3/c1-3-18-11-13-7-8-16(15(17)10-13)20(2)12-14-6-4-5-9-19-14/h4-10,18H,3,11-12H2,1-2H3. The summed E-state index contributed by atoms with van der Waals surface area (Å²) < 4.78 is 1.12. The predicted molar refractivity (Wildman–Crippen MR) is 87.9 cm³/mol. The molecule has 0 aliphatic carbocycles. The molecule has 2 rings (SSSR count). The molecule has 1 N–H and O–H groups in total. The van der Waals surface area contributed by atoms with Gasteiger partial charge in [0.05, 0.1) is 17.9 Å². The van der Waals surface area contributed by atoms with Gasteiger partial charge in [-0.05, 0) is 52.3 Å². The van der Waals surface area contributed by atoms with E-state index in [0.717, 1.165) is 29.8 Å². The van der Waals surface area contributed by atoms with Crippen molar-refractivity contribution in [2.24, 2.45) is 0 Å². The summed E-state index contributed by atoms with van der Waals surface area (Å²) in [6, 6.07) is 12.5. The Bertz CT molecular complexity index is 543. The Morgan fingerprint density at radius 2 is 2.10 bits per heavy atom. The van der Waals surface area contributed by atoms with Crippen LogP contribution in [0.1, 0.15) is 18.2 Å². The first kappa shape index (κ1) is 15.0. The van der Waals surface area contributed by atoms with Crippen molar-refractivity contribution in [3.63, 3.8) is 0 Å². The largest absolute Gasteiger partial charge is 0.368 e. The van der Waals surface area contributed by atoms with Gasteiger partial charge in [0.1, 0.15) is 0 Å². The fourth-order valence-corrected chi connectivity index (χ4v) is 2.79.